The van der Waals surface area contributed by atoms with Crippen LogP contribution in [0, 0.1) is 5.41 Å². The van der Waals surface area contributed by atoms with Crippen molar-refractivity contribution >= 4 is 11.7 Å². The first-order valence-electron chi connectivity index (χ1n) is 6.28. The first kappa shape index (κ1) is 16.7. The van der Waals surface area contributed by atoms with E-state index in [0.29, 0.717) is 13.0 Å². The fourth-order valence-electron chi connectivity index (χ4n) is 1.51. The predicted octanol–water partition coefficient (Wildman–Crippen LogP) is 1.08. The van der Waals surface area contributed by atoms with Crippen molar-refractivity contribution in [2.45, 2.75) is 39.5 Å². The van der Waals surface area contributed by atoms with E-state index >= 15 is 0 Å². The Kier molecular flexibility index (Phi) is 8.11. The number of nitrogens with two attached hydrogens (primary N) is 1. The van der Waals surface area contributed by atoms with Gasteiger partial charge in [-0.2, -0.15) is 0 Å². The zero-order valence-corrected chi connectivity index (χ0v) is 11.5. The van der Waals surface area contributed by atoms with Gasteiger partial charge < -0.3 is 21.0 Å². The first-order valence-corrected chi connectivity index (χ1v) is 6.28. The number of nitrogens with one attached hydrogen (secondary N) is 1. The van der Waals surface area contributed by atoms with E-state index in [2.05, 4.69) is 10.5 Å². The average Bonchev–Trinajstić information content (AvgIpc) is 2.40. The summed E-state index contributed by atoms with van der Waals surface area (Å²) in [6.07, 6.45) is 3.36. The van der Waals surface area contributed by atoms with Gasteiger partial charge in [-0.25, -0.2) is 0 Å². The lowest BCUT2D eigenvalue weighted by atomic mass is 9.85. The molecular formula is C12H25N3O3. The summed E-state index contributed by atoms with van der Waals surface area (Å²) in [6, 6.07) is 0. The third-order valence-electron chi connectivity index (χ3n) is 3.19. The fourth-order valence-corrected chi connectivity index (χ4v) is 1.51. The highest BCUT2D eigenvalue weighted by Crippen LogP contribution is 2.21. The number of carbonyl (C=O) groups excluding carboxylic acids is 1. The van der Waals surface area contributed by atoms with Crippen LogP contribution < -0.4 is 11.1 Å². The Bertz CT molecular complexity index is 282. The number of amidine groups is 1. The summed E-state index contributed by atoms with van der Waals surface area (Å²) in [7, 11) is 1.67. The zero-order chi connectivity index (χ0) is 14.0. The van der Waals surface area contributed by atoms with Crippen molar-refractivity contribution < 1.29 is 14.7 Å². The fraction of sp³-hybridized carbons (Fsp3) is 0.833. The van der Waals surface area contributed by atoms with Crippen molar-refractivity contribution in [1.82, 2.24) is 5.32 Å². The molecule has 0 aliphatic heterocycles. The Morgan fingerprint density at radius 2 is 2.11 bits per heavy atom. The van der Waals surface area contributed by atoms with E-state index in [0.717, 1.165) is 25.9 Å². The summed E-state index contributed by atoms with van der Waals surface area (Å²) >= 11 is 0. The lowest BCUT2D eigenvalue weighted by molar-refractivity contribution is -0.127. The van der Waals surface area contributed by atoms with E-state index in [1.807, 2.05) is 6.92 Å². The number of rotatable bonds is 9. The highest BCUT2D eigenvalue weighted by Gasteiger charge is 2.35. The molecule has 6 heteroatoms. The van der Waals surface area contributed by atoms with Crippen molar-refractivity contribution in [3.63, 3.8) is 0 Å². The van der Waals surface area contributed by atoms with Crippen molar-refractivity contribution in [1.29, 1.82) is 0 Å². The summed E-state index contributed by atoms with van der Waals surface area (Å²) in [5.41, 5.74) is 4.61. The van der Waals surface area contributed by atoms with Crippen molar-refractivity contribution in [3.05, 3.63) is 0 Å². The number of oxime groups is 1. The van der Waals surface area contributed by atoms with Crippen LogP contribution in [-0.2, 0) is 9.53 Å². The molecule has 0 saturated carbocycles. The molecule has 0 bridgehead atoms. The van der Waals surface area contributed by atoms with Crippen molar-refractivity contribution in [3.8, 4) is 0 Å². The molecule has 0 rings (SSSR count). The van der Waals surface area contributed by atoms with E-state index in [4.69, 9.17) is 15.7 Å². The lowest BCUT2D eigenvalue weighted by Crippen LogP contribution is -2.47. The van der Waals surface area contributed by atoms with E-state index in [1.165, 1.54) is 0 Å². The lowest BCUT2D eigenvalue weighted by Gasteiger charge is -2.25. The van der Waals surface area contributed by atoms with Crippen LogP contribution in [0.2, 0.25) is 0 Å². The van der Waals surface area contributed by atoms with Crippen LogP contribution >= 0.6 is 0 Å². The van der Waals surface area contributed by atoms with Gasteiger partial charge in [0.2, 0.25) is 5.91 Å². The molecule has 106 valence electrons. The Labute approximate surface area is 109 Å². The van der Waals surface area contributed by atoms with Gasteiger partial charge in [0.25, 0.3) is 0 Å². The standard InChI is InChI=1S/C12H25N3O3/c1-4-12(2,10(13)15-17)11(16)14-8-6-5-7-9-18-3/h17H,4-9H2,1-3H3,(H2,13,15)(H,14,16). The molecule has 18 heavy (non-hydrogen) atoms. The minimum Gasteiger partial charge on any atom is -0.409 e. The van der Waals surface area contributed by atoms with Gasteiger partial charge in [-0.15, -0.1) is 0 Å². The maximum Gasteiger partial charge on any atom is 0.233 e. The zero-order valence-electron chi connectivity index (χ0n) is 11.5. The van der Waals surface area contributed by atoms with Crippen LogP contribution in [0.15, 0.2) is 5.16 Å². The molecule has 0 fully saturated rings. The van der Waals surface area contributed by atoms with Crippen LogP contribution in [0.1, 0.15) is 39.5 Å². The Balaban J connectivity index is 4.07. The van der Waals surface area contributed by atoms with E-state index in [9.17, 15) is 4.79 Å². The number of ether oxygens (including phenoxy) is 1. The van der Waals surface area contributed by atoms with E-state index < -0.39 is 5.41 Å². The molecule has 0 aromatic rings. The Morgan fingerprint density at radius 3 is 2.61 bits per heavy atom. The molecule has 6 nitrogen and oxygen atoms in total. The van der Waals surface area contributed by atoms with Gasteiger partial charge >= 0.3 is 0 Å². The van der Waals surface area contributed by atoms with E-state index in [-0.39, 0.29) is 11.7 Å². The minimum atomic E-state index is -0.943. The van der Waals surface area contributed by atoms with Gasteiger partial charge in [0.15, 0.2) is 5.84 Å². The third-order valence-corrected chi connectivity index (χ3v) is 3.19. The second-order valence-electron chi connectivity index (χ2n) is 4.48. The number of amides is 1. The van der Waals surface area contributed by atoms with Gasteiger partial charge in [-0.05, 0) is 32.6 Å². The molecule has 0 saturated heterocycles. The summed E-state index contributed by atoms with van der Waals surface area (Å²) < 4.78 is 4.94. The van der Waals surface area contributed by atoms with Gasteiger partial charge in [-0.3, -0.25) is 4.79 Å². The molecular weight excluding hydrogens is 234 g/mol. The second kappa shape index (κ2) is 8.74. The molecule has 0 aromatic carbocycles. The highest BCUT2D eigenvalue weighted by molar-refractivity contribution is 6.06. The smallest absolute Gasteiger partial charge is 0.233 e. The molecule has 1 atom stereocenters. The largest absolute Gasteiger partial charge is 0.409 e. The summed E-state index contributed by atoms with van der Waals surface area (Å²) in [5, 5.41) is 14.4. The van der Waals surface area contributed by atoms with Crippen molar-refractivity contribution in [2.24, 2.45) is 16.3 Å². The van der Waals surface area contributed by atoms with Crippen molar-refractivity contribution in [2.75, 3.05) is 20.3 Å². The summed E-state index contributed by atoms with van der Waals surface area (Å²) in [4.78, 5) is 12.0. The molecule has 0 aliphatic carbocycles. The highest BCUT2D eigenvalue weighted by atomic mass is 16.5. The summed E-state index contributed by atoms with van der Waals surface area (Å²) in [6.45, 7) is 4.83. The number of unbranched alkanes of at least 4 members (excludes halogenated alkanes) is 2. The van der Waals surface area contributed by atoms with Gasteiger partial charge in [-0.1, -0.05) is 12.1 Å². The van der Waals surface area contributed by atoms with Crippen LogP contribution in [-0.4, -0.2) is 37.2 Å². The Hall–Kier alpha value is -1.30. The number of nitrogens with zero attached hydrogens (tertiary/aromatic N) is 1. The van der Waals surface area contributed by atoms with Gasteiger partial charge in [0.05, 0.1) is 0 Å². The summed E-state index contributed by atoms with van der Waals surface area (Å²) in [5.74, 6) is -0.256. The van der Waals surface area contributed by atoms with Crippen LogP contribution in [0.25, 0.3) is 0 Å². The molecule has 1 amide bonds. The normalized spacial score (nSPS) is 15.2. The molecule has 0 aliphatic rings. The van der Waals surface area contributed by atoms with Crippen LogP contribution in [0.4, 0.5) is 0 Å². The van der Waals surface area contributed by atoms with Gasteiger partial charge in [0.1, 0.15) is 5.41 Å². The van der Waals surface area contributed by atoms with Crippen LogP contribution in [0.5, 0.6) is 0 Å². The first-order chi connectivity index (χ1) is 8.52. The third kappa shape index (κ3) is 4.91. The topological polar surface area (TPSA) is 96.9 Å². The quantitative estimate of drug-likeness (QED) is 0.190. The average molecular weight is 259 g/mol. The van der Waals surface area contributed by atoms with Crippen LogP contribution in [0.3, 0.4) is 0 Å². The van der Waals surface area contributed by atoms with E-state index in [1.54, 1.807) is 14.0 Å². The number of hydrogen-bond acceptors (Lipinski definition) is 4. The van der Waals surface area contributed by atoms with Gasteiger partial charge in [0, 0.05) is 20.3 Å². The monoisotopic (exact) mass is 259 g/mol. The molecule has 4 N–H and O–H groups in total. The molecule has 0 spiro atoms. The Morgan fingerprint density at radius 1 is 1.44 bits per heavy atom. The maximum atomic E-state index is 12.0. The minimum absolute atomic E-state index is 0.0538. The molecule has 0 heterocycles. The number of hydrogen-bond donors (Lipinski definition) is 3. The predicted molar refractivity (Wildman–Crippen MR) is 70.5 cm³/mol. The molecule has 0 radical (unpaired) electrons. The number of methoxy groups -OCH3 is 1. The second-order valence-corrected chi connectivity index (χ2v) is 4.48. The molecule has 1 unspecified atom stereocenters. The molecule has 0 aromatic heterocycles. The number of carbonyl (C=O) groups is 1. The maximum absolute atomic E-state index is 12.0. The SMILES string of the molecule is CCC(C)(C(=O)NCCCCCOC)C(N)=NO.